The summed E-state index contributed by atoms with van der Waals surface area (Å²) in [6.45, 7) is 2.39. The third kappa shape index (κ3) is 6.35. The zero-order chi connectivity index (χ0) is 24.6. The van der Waals surface area contributed by atoms with Gasteiger partial charge in [-0.05, 0) is 55.4 Å². The lowest BCUT2D eigenvalue weighted by Crippen LogP contribution is -2.47. The lowest BCUT2D eigenvalue weighted by atomic mass is 9.98. The Balaban J connectivity index is 1.55. The third-order valence-corrected chi connectivity index (χ3v) is 6.63. The predicted octanol–water partition coefficient (Wildman–Crippen LogP) is 4.59. The average molecular weight is 482 g/mol. The van der Waals surface area contributed by atoms with Crippen LogP contribution in [0.1, 0.15) is 37.7 Å². The number of benzene rings is 2. The zero-order valence-corrected chi connectivity index (χ0v) is 19.9. The molecule has 0 saturated carbocycles. The molecule has 0 unspecified atom stereocenters. The van der Waals surface area contributed by atoms with Gasteiger partial charge in [-0.2, -0.15) is 0 Å². The number of piperidine rings is 1. The number of likely N-dealkylation sites (tertiary alicyclic amines) is 1. The van der Waals surface area contributed by atoms with Crippen LogP contribution < -0.4 is 5.32 Å². The fourth-order valence-corrected chi connectivity index (χ4v) is 4.75. The largest absolute Gasteiger partial charge is 0.395 e. The van der Waals surface area contributed by atoms with Crippen molar-refractivity contribution >= 4 is 5.91 Å². The van der Waals surface area contributed by atoms with Gasteiger partial charge >= 0.3 is 0 Å². The molecule has 2 aliphatic rings. The highest BCUT2D eigenvalue weighted by molar-refractivity contribution is 5.93. The van der Waals surface area contributed by atoms with Gasteiger partial charge in [-0.3, -0.25) is 4.79 Å². The Hall–Kier alpha value is -3.03. The van der Waals surface area contributed by atoms with E-state index in [9.17, 15) is 13.6 Å². The Bertz CT molecular complexity index is 1080. The normalized spacial score (nSPS) is 17.2. The summed E-state index contributed by atoms with van der Waals surface area (Å²) in [4.78, 5) is 17.5. The maximum absolute atomic E-state index is 14.6. The molecule has 0 aromatic heterocycles. The van der Waals surface area contributed by atoms with Crippen molar-refractivity contribution in [3.63, 3.8) is 0 Å². The quantitative estimate of drug-likeness (QED) is 0.608. The number of rotatable bonds is 7. The molecule has 1 saturated heterocycles. The summed E-state index contributed by atoms with van der Waals surface area (Å²) in [5.74, 6) is -1.21. The van der Waals surface area contributed by atoms with E-state index in [1.165, 1.54) is 12.1 Å². The van der Waals surface area contributed by atoms with Crippen LogP contribution in [-0.2, 0) is 11.3 Å². The summed E-state index contributed by atoms with van der Waals surface area (Å²) in [6.07, 6.45) is 10.5. The number of hydrogen-bond donors (Lipinski definition) is 2. The molecule has 0 aliphatic carbocycles. The van der Waals surface area contributed by atoms with Gasteiger partial charge in [0.1, 0.15) is 17.3 Å². The Morgan fingerprint density at radius 3 is 2.63 bits per heavy atom. The van der Waals surface area contributed by atoms with Gasteiger partial charge in [-0.15, -0.1) is 0 Å². The van der Waals surface area contributed by atoms with Gasteiger partial charge in [0.25, 0.3) is 5.91 Å². The molecule has 7 heteroatoms. The van der Waals surface area contributed by atoms with E-state index in [1.54, 1.807) is 0 Å². The standard InChI is InChI=1S/C28H33F2N3O2/c29-22-10-11-25(26(30)19-22)24-8-5-4-7-21(24)20-33-15-6-2-1-3-9-27(33)28(35)32-16-12-23(13-17-32)31-14-18-34/h4-11,15,19,23,31,34H,1-3,12-14,16-18,20H2. The molecular formula is C28H33F2N3O2. The maximum atomic E-state index is 14.6. The van der Waals surface area contributed by atoms with E-state index < -0.39 is 11.6 Å². The minimum atomic E-state index is -0.610. The fraction of sp³-hybridized carbons (Fsp3) is 0.393. The Morgan fingerprint density at radius 1 is 1.06 bits per heavy atom. The fourth-order valence-electron chi connectivity index (χ4n) is 4.75. The van der Waals surface area contributed by atoms with Crippen LogP contribution in [0.25, 0.3) is 11.1 Å². The van der Waals surface area contributed by atoms with Crippen molar-refractivity contribution in [1.82, 2.24) is 15.1 Å². The second kappa shape index (κ2) is 12.1. The topological polar surface area (TPSA) is 55.8 Å². The van der Waals surface area contributed by atoms with Crippen LogP contribution in [0.3, 0.4) is 0 Å². The van der Waals surface area contributed by atoms with E-state index in [1.807, 2.05) is 46.3 Å². The number of halogens is 2. The highest BCUT2D eigenvalue weighted by atomic mass is 19.1. The first-order valence-corrected chi connectivity index (χ1v) is 12.4. The Kier molecular flexibility index (Phi) is 8.66. The highest BCUT2D eigenvalue weighted by Gasteiger charge is 2.27. The van der Waals surface area contributed by atoms with E-state index >= 15 is 0 Å². The molecular weight excluding hydrogens is 448 g/mol. The van der Waals surface area contributed by atoms with Crippen molar-refractivity contribution in [2.24, 2.45) is 0 Å². The smallest absolute Gasteiger partial charge is 0.270 e. The molecule has 1 fully saturated rings. The molecule has 1 amide bonds. The van der Waals surface area contributed by atoms with Crippen molar-refractivity contribution in [3.05, 3.63) is 83.7 Å². The minimum Gasteiger partial charge on any atom is -0.395 e. The van der Waals surface area contributed by atoms with Crippen LogP contribution in [0.4, 0.5) is 8.78 Å². The van der Waals surface area contributed by atoms with Gasteiger partial charge in [0, 0.05) is 50.1 Å². The number of nitrogens with zero attached hydrogens (tertiary/aromatic N) is 2. The van der Waals surface area contributed by atoms with E-state index in [0.29, 0.717) is 49.0 Å². The van der Waals surface area contributed by atoms with Crippen LogP contribution in [0.5, 0.6) is 0 Å². The molecule has 2 aliphatic heterocycles. The van der Waals surface area contributed by atoms with E-state index in [2.05, 4.69) is 11.4 Å². The van der Waals surface area contributed by atoms with Gasteiger partial charge in [-0.1, -0.05) is 36.4 Å². The number of aliphatic hydroxyl groups is 1. The number of aliphatic hydroxyl groups excluding tert-OH is 1. The van der Waals surface area contributed by atoms with E-state index in [-0.39, 0.29) is 12.5 Å². The van der Waals surface area contributed by atoms with Crippen molar-refractivity contribution in [2.45, 2.75) is 44.7 Å². The van der Waals surface area contributed by atoms with Gasteiger partial charge < -0.3 is 20.2 Å². The Morgan fingerprint density at radius 2 is 1.86 bits per heavy atom. The molecule has 2 aromatic rings. The van der Waals surface area contributed by atoms with E-state index in [4.69, 9.17) is 5.11 Å². The van der Waals surface area contributed by atoms with Crippen molar-refractivity contribution < 1.29 is 18.7 Å². The van der Waals surface area contributed by atoms with Crippen LogP contribution in [0, 0.1) is 11.6 Å². The summed E-state index contributed by atoms with van der Waals surface area (Å²) >= 11 is 0. The molecule has 5 nitrogen and oxygen atoms in total. The lowest BCUT2D eigenvalue weighted by molar-refractivity contribution is -0.129. The molecule has 35 heavy (non-hydrogen) atoms. The van der Waals surface area contributed by atoms with Gasteiger partial charge in [-0.25, -0.2) is 8.78 Å². The maximum Gasteiger partial charge on any atom is 0.270 e. The second-order valence-corrected chi connectivity index (χ2v) is 9.06. The molecule has 0 radical (unpaired) electrons. The first-order chi connectivity index (χ1) is 17.1. The summed E-state index contributed by atoms with van der Waals surface area (Å²) in [6, 6.07) is 11.4. The Labute approximate surface area is 205 Å². The third-order valence-electron chi connectivity index (χ3n) is 6.63. The van der Waals surface area contributed by atoms with Crippen LogP contribution in [0.2, 0.25) is 0 Å². The number of amides is 1. The first kappa shape index (κ1) is 25.1. The summed E-state index contributed by atoms with van der Waals surface area (Å²) in [5, 5.41) is 12.4. The molecule has 186 valence electrons. The summed E-state index contributed by atoms with van der Waals surface area (Å²) < 4.78 is 28.1. The first-order valence-electron chi connectivity index (χ1n) is 12.4. The molecule has 4 rings (SSSR count). The molecule has 0 bridgehead atoms. The zero-order valence-electron chi connectivity index (χ0n) is 19.9. The molecule has 2 aromatic carbocycles. The number of carbonyl (C=O) groups is 1. The predicted molar refractivity (Wildman–Crippen MR) is 133 cm³/mol. The summed E-state index contributed by atoms with van der Waals surface area (Å²) in [5.41, 5.74) is 2.52. The molecule has 0 atom stereocenters. The van der Waals surface area contributed by atoms with E-state index in [0.717, 1.165) is 43.7 Å². The van der Waals surface area contributed by atoms with Crippen LogP contribution in [-0.4, -0.2) is 53.1 Å². The number of carbonyl (C=O) groups excluding carboxylic acids is 1. The molecule has 2 heterocycles. The van der Waals surface area contributed by atoms with Crippen LogP contribution >= 0.6 is 0 Å². The van der Waals surface area contributed by atoms with Crippen LogP contribution in [0.15, 0.2) is 66.5 Å². The SMILES string of the molecule is O=C(C1=CCCCC=CN1Cc1ccccc1-c1ccc(F)cc1F)N1CCC(NCCO)CC1. The van der Waals surface area contributed by atoms with Gasteiger partial charge in [0.2, 0.25) is 0 Å². The van der Waals surface area contributed by atoms with Crippen molar-refractivity contribution in [2.75, 3.05) is 26.2 Å². The summed E-state index contributed by atoms with van der Waals surface area (Å²) in [7, 11) is 0. The number of allylic oxidation sites excluding steroid dienone is 2. The minimum absolute atomic E-state index is 0.00241. The highest BCUT2D eigenvalue weighted by Crippen LogP contribution is 2.30. The van der Waals surface area contributed by atoms with Gasteiger partial charge in [0.05, 0.1) is 6.61 Å². The van der Waals surface area contributed by atoms with Gasteiger partial charge in [0.15, 0.2) is 0 Å². The number of hydrogen-bond acceptors (Lipinski definition) is 4. The monoisotopic (exact) mass is 481 g/mol. The molecule has 2 N–H and O–H groups in total. The molecule has 0 spiro atoms. The van der Waals surface area contributed by atoms with Crippen molar-refractivity contribution in [1.29, 1.82) is 0 Å². The lowest BCUT2D eigenvalue weighted by Gasteiger charge is -2.35. The number of nitrogens with one attached hydrogen (secondary N) is 1. The average Bonchev–Trinajstić information content (AvgIpc) is 2.85. The van der Waals surface area contributed by atoms with Crippen molar-refractivity contribution in [3.8, 4) is 11.1 Å². The second-order valence-electron chi connectivity index (χ2n) is 9.06.